The third-order valence-electron chi connectivity index (χ3n) is 5.90. The Morgan fingerprint density at radius 1 is 1.00 bits per heavy atom. The average molecular weight is 382 g/mol. The van der Waals surface area contributed by atoms with Crippen LogP contribution in [0.15, 0.2) is 6.20 Å². The van der Waals surface area contributed by atoms with Crippen LogP contribution in [-0.4, -0.2) is 32.3 Å². The summed E-state index contributed by atoms with van der Waals surface area (Å²) in [5.74, 6) is 0.572. The van der Waals surface area contributed by atoms with Crippen LogP contribution >= 0.6 is 0 Å². The fourth-order valence-electron chi connectivity index (χ4n) is 3.55. The predicted octanol–water partition coefficient (Wildman–Crippen LogP) is 4.53. The summed E-state index contributed by atoms with van der Waals surface area (Å²) in [5, 5.41) is 4.09. The summed E-state index contributed by atoms with van der Waals surface area (Å²) < 4.78 is 6.32. The van der Waals surface area contributed by atoms with Gasteiger partial charge in [0.2, 0.25) is 5.91 Å². The molecule has 1 aromatic heterocycles. The van der Waals surface area contributed by atoms with Crippen LogP contribution in [0.5, 0.6) is 6.01 Å². The number of nitrogens with one attached hydrogen (secondary N) is 1. The summed E-state index contributed by atoms with van der Waals surface area (Å²) >= 11 is 0. The van der Waals surface area contributed by atoms with E-state index in [1.807, 2.05) is 6.20 Å². The maximum Gasteiger partial charge on any atom is 0.304 e. The molecule has 0 aliphatic carbocycles. The van der Waals surface area contributed by atoms with Gasteiger partial charge in [-0.05, 0) is 18.1 Å². The predicted molar refractivity (Wildman–Crippen MR) is 111 cm³/mol. The van der Waals surface area contributed by atoms with Crippen molar-refractivity contribution in [2.45, 2.75) is 84.7 Å². The van der Waals surface area contributed by atoms with E-state index in [9.17, 15) is 4.79 Å². The van der Waals surface area contributed by atoms with Crippen molar-refractivity contribution in [2.24, 2.45) is 0 Å². The highest BCUT2D eigenvalue weighted by Gasteiger charge is 2.35. The summed E-state index contributed by atoms with van der Waals surface area (Å²) in [6, 6.07) is 6.90. The molecule has 0 saturated carbocycles. The number of anilines is 1. The third-order valence-corrected chi connectivity index (χ3v) is 16.0. The van der Waals surface area contributed by atoms with Gasteiger partial charge >= 0.3 is 6.01 Å². The molecule has 1 rings (SSSR count). The molecule has 0 atom stereocenters. The smallest absolute Gasteiger partial charge is 0.304 e. The van der Waals surface area contributed by atoms with Gasteiger partial charge in [0.1, 0.15) is 5.82 Å². The lowest BCUT2D eigenvalue weighted by molar-refractivity contribution is -0.114. The van der Waals surface area contributed by atoms with Crippen LogP contribution in [0.4, 0.5) is 5.82 Å². The highest BCUT2D eigenvalue weighted by molar-refractivity contribution is 6.92. The molecule has 0 bridgehead atoms. The molecule has 142 valence electrons. The van der Waals surface area contributed by atoms with E-state index < -0.39 is 16.4 Å². The molecule has 25 heavy (non-hydrogen) atoms. The molecule has 0 aliphatic heterocycles. The van der Waals surface area contributed by atoms with Crippen molar-refractivity contribution in [3.05, 3.63) is 6.20 Å². The first-order valence-electron chi connectivity index (χ1n) is 9.69. The number of aromatic nitrogens is 2. The first kappa shape index (κ1) is 21.8. The Balaban J connectivity index is 3.37. The standard InChI is InChI=1S/C18H35N3O2Si2/c1-8-24(9-2,10-3)16-14-19-18(21-17(16)20-15(7)22)23-25(11-4,12-5)13-6/h14H,8-13H2,1-7H3,(H,19,20,21,22). The van der Waals surface area contributed by atoms with Gasteiger partial charge < -0.3 is 9.74 Å². The average Bonchev–Trinajstić information content (AvgIpc) is 2.62. The van der Waals surface area contributed by atoms with Crippen molar-refractivity contribution in [3.8, 4) is 6.01 Å². The molecule has 5 nitrogen and oxygen atoms in total. The lowest BCUT2D eigenvalue weighted by Gasteiger charge is -2.31. The first-order chi connectivity index (χ1) is 11.9. The molecule has 1 aromatic rings. The normalized spacial score (nSPS) is 12.1. The van der Waals surface area contributed by atoms with Crippen LogP contribution in [0, 0.1) is 0 Å². The summed E-state index contributed by atoms with van der Waals surface area (Å²) in [6.45, 7) is 14.8. The molecule has 1 amide bonds. The fraction of sp³-hybridized carbons (Fsp3) is 0.722. The maximum absolute atomic E-state index is 11.7. The van der Waals surface area contributed by atoms with E-state index in [-0.39, 0.29) is 5.91 Å². The van der Waals surface area contributed by atoms with Gasteiger partial charge in [0.05, 0.1) is 8.07 Å². The number of carbonyl (C=O) groups is 1. The maximum atomic E-state index is 11.7. The van der Waals surface area contributed by atoms with Crippen molar-refractivity contribution < 1.29 is 9.22 Å². The van der Waals surface area contributed by atoms with Crippen LogP contribution in [0.3, 0.4) is 0 Å². The highest BCUT2D eigenvalue weighted by atomic mass is 28.4. The fourth-order valence-corrected chi connectivity index (χ4v) is 9.57. The molecule has 1 N–H and O–H groups in total. The number of nitrogens with zero attached hydrogens (tertiary/aromatic N) is 2. The summed E-state index contributed by atoms with van der Waals surface area (Å²) in [4.78, 5) is 21.0. The summed E-state index contributed by atoms with van der Waals surface area (Å²) in [7, 11) is -3.53. The van der Waals surface area contributed by atoms with Gasteiger partial charge in [-0.15, -0.1) is 0 Å². The van der Waals surface area contributed by atoms with Gasteiger partial charge in [0, 0.05) is 18.3 Å². The van der Waals surface area contributed by atoms with E-state index in [4.69, 9.17) is 4.43 Å². The molecular formula is C18H35N3O2Si2. The van der Waals surface area contributed by atoms with Crippen LogP contribution < -0.4 is 14.9 Å². The molecule has 0 fully saturated rings. The van der Waals surface area contributed by atoms with Gasteiger partial charge in [-0.1, -0.05) is 59.7 Å². The van der Waals surface area contributed by atoms with E-state index in [0.717, 1.165) is 41.5 Å². The zero-order valence-electron chi connectivity index (χ0n) is 17.0. The van der Waals surface area contributed by atoms with Gasteiger partial charge in [-0.3, -0.25) is 4.79 Å². The van der Waals surface area contributed by atoms with Crippen molar-refractivity contribution in [1.29, 1.82) is 0 Å². The molecule has 0 saturated heterocycles. The lowest BCUT2D eigenvalue weighted by Crippen LogP contribution is -2.48. The molecule has 0 spiro atoms. The Kier molecular flexibility index (Phi) is 8.27. The van der Waals surface area contributed by atoms with Crippen molar-refractivity contribution in [2.75, 3.05) is 5.32 Å². The molecule has 1 heterocycles. The molecular weight excluding hydrogens is 346 g/mol. The van der Waals surface area contributed by atoms with Crippen LogP contribution in [0.2, 0.25) is 36.3 Å². The van der Waals surface area contributed by atoms with E-state index in [1.165, 1.54) is 6.92 Å². The zero-order chi connectivity index (χ0) is 19.1. The highest BCUT2D eigenvalue weighted by Crippen LogP contribution is 2.26. The number of rotatable bonds is 10. The van der Waals surface area contributed by atoms with Crippen LogP contribution in [0.1, 0.15) is 48.5 Å². The van der Waals surface area contributed by atoms with Crippen molar-refractivity contribution in [3.63, 3.8) is 0 Å². The Hall–Kier alpha value is -1.22. The Bertz CT molecular complexity index is 557. The minimum Gasteiger partial charge on any atom is -0.517 e. The largest absolute Gasteiger partial charge is 0.517 e. The number of amides is 1. The van der Waals surface area contributed by atoms with Gasteiger partial charge in [0.25, 0.3) is 8.32 Å². The Morgan fingerprint density at radius 3 is 1.92 bits per heavy atom. The lowest BCUT2D eigenvalue weighted by atomic mass is 10.5. The quantitative estimate of drug-likeness (QED) is 0.605. The molecule has 0 unspecified atom stereocenters. The number of hydrogen-bond acceptors (Lipinski definition) is 4. The van der Waals surface area contributed by atoms with Gasteiger partial charge in [-0.25, -0.2) is 4.98 Å². The second kappa shape index (κ2) is 9.47. The van der Waals surface area contributed by atoms with E-state index in [1.54, 1.807) is 0 Å². The SMILES string of the molecule is CC[Si](CC)(CC)Oc1ncc([Si](CC)(CC)CC)c(NC(C)=O)n1. The molecule has 0 aliphatic rings. The zero-order valence-corrected chi connectivity index (χ0v) is 19.0. The Morgan fingerprint density at radius 2 is 1.52 bits per heavy atom. The second-order valence-corrected chi connectivity index (χ2v) is 16.7. The van der Waals surface area contributed by atoms with E-state index in [0.29, 0.717) is 11.8 Å². The number of carbonyl (C=O) groups excluding carboxylic acids is 1. The minimum absolute atomic E-state index is 0.0953. The monoisotopic (exact) mass is 381 g/mol. The van der Waals surface area contributed by atoms with Crippen LogP contribution in [-0.2, 0) is 4.79 Å². The van der Waals surface area contributed by atoms with Gasteiger partial charge in [-0.2, -0.15) is 4.98 Å². The minimum atomic E-state index is -1.84. The molecule has 0 aromatic carbocycles. The van der Waals surface area contributed by atoms with Crippen LogP contribution in [0.25, 0.3) is 0 Å². The number of hydrogen-bond donors (Lipinski definition) is 1. The Labute approximate surface area is 155 Å². The summed E-state index contributed by atoms with van der Waals surface area (Å²) in [5.41, 5.74) is 0. The second-order valence-electron chi connectivity index (χ2n) is 6.78. The first-order valence-corrected chi connectivity index (χ1v) is 14.8. The van der Waals surface area contributed by atoms with E-state index in [2.05, 4.69) is 56.8 Å². The third kappa shape index (κ3) is 4.91. The van der Waals surface area contributed by atoms with Crippen molar-refractivity contribution >= 4 is 33.3 Å². The molecule has 7 heteroatoms. The van der Waals surface area contributed by atoms with Crippen molar-refractivity contribution in [1.82, 2.24) is 9.97 Å². The molecule has 0 radical (unpaired) electrons. The topological polar surface area (TPSA) is 64.1 Å². The van der Waals surface area contributed by atoms with E-state index >= 15 is 0 Å². The van der Waals surface area contributed by atoms with Gasteiger partial charge in [0.15, 0.2) is 0 Å². The summed E-state index contributed by atoms with van der Waals surface area (Å²) in [6.07, 6.45) is 1.93.